The van der Waals surface area contributed by atoms with E-state index in [4.69, 9.17) is 11.6 Å². The van der Waals surface area contributed by atoms with E-state index in [0.29, 0.717) is 5.02 Å². The van der Waals surface area contributed by atoms with Crippen molar-refractivity contribution in [3.63, 3.8) is 0 Å². The zero-order valence-electron chi connectivity index (χ0n) is 16.0. The van der Waals surface area contributed by atoms with Crippen LogP contribution in [0.5, 0.6) is 0 Å². The Balaban J connectivity index is 1.74. The number of aryl methyl sites for hydroxylation is 1. The number of piperazine rings is 1. The molecule has 0 radical (unpaired) electrons. The second kappa shape index (κ2) is 8.77. The summed E-state index contributed by atoms with van der Waals surface area (Å²) in [5.41, 5.74) is 0.239. The molecule has 0 bridgehead atoms. The maximum absolute atomic E-state index is 13.0. The number of rotatable bonds is 5. The van der Waals surface area contributed by atoms with Crippen LogP contribution in [0.25, 0.3) is 0 Å². The normalized spacial score (nSPS) is 16.4. The molecule has 30 heavy (non-hydrogen) atoms. The van der Waals surface area contributed by atoms with Crippen molar-refractivity contribution in [2.75, 3.05) is 38.6 Å². The molecule has 3 rings (SSSR count). The Labute approximate surface area is 183 Å². The van der Waals surface area contributed by atoms with Gasteiger partial charge in [0.2, 0.25) is 10.0 Å². The molecular formula is C16H19ClN4O6S3. The van der Waals surface area contributed by atoms with Gasteiger partial charge in [0.1, 0.15) is 0 Å². The Kier molecular flexibility index (Phi) is 6.69. The molecule has 2 heterocycles. The number of halogens is 1. The van der Waals surface area contributed by atoms with Gasteiger partial charge in [-0.25, -0.2) is 26.6 Å². The molecule has 14 heteroatoms. The number of nitrogens with zero attached hydrogens (tertiary/aromatic N) is 3. The first-order valence-corrected chi connectivity index (χ1v) is 12.7. The molecule has 1 N–H and O–H groups in total. The Hall–Kier alpha value is -1.77. The van der Waals surface area contributed by atoms with Crippen molar-refractivity contribution in [2.24, 2.45) is 0 Å². The minimum absolute atomic E-state index is 0.00768. The van der Waals surface area contributed by atoms with Gasteiger partial charge in [-0.1, -0.05) is 22.9 Å². The van der Waals surface area contributed by atoms with Gasteiger partial charge in [-0.05, 0) is 31.2 Å². The van der Waals surface area contributed by atoms with Gasteiger partial charge in [-0.2, -0.15) is 8.61 Å². The van der Waals surface area contributed by atoms with E-state index in [-0.39, 0.29) is 46.1 Å². The molecule has 1 aliphatic rings. The average Bonchev–Trinajstić information content (AvgIpc) is 3.09. The minimum Gasteiger partial charge on any atom is -0.453 e. The summed E-state index contributed by atoms with van der Waals surface area (Å²) in [5.74, 6) is 0. The van der Waals surface area contributed by atoms with Gasteiger partial charge in [0.05, 0.1) is 17.7 Å². The number of aromatic nitrogens is 1. The quantitative estimate of drug-likeness (QED) is 0.673. The third-order valence-corrected chi connectivity index (χ3v) is 10.1. The molecule has 0 aliphatic carbocycles. The predicted octanol–water partition coefficient (Wildman–Crippen LogP) is 1.98. The summed E-state index contributed by atoms with van der Waals surface area (Å²) in [6, 6.07) is 5.80. The SMILES string of the molecule is COC(=O)Nc1nc(C)c(S(=O)(=O)N2CCN(S(=O)(=O)c3ccc(Cl)cc3)CC2)s1. The van der Waals surface area contributed by atoms with Gasteiger partial charge < -0.3 is 4.74 Å². The number of carbonyl (C=O) groups excluding carboxylic acids is 1. The van der Waals surface area contributed by atoms with Crippen molar-refractivity contribution in [1.82, 2.24) is 13.6 Å². The number of ether oxygens (including phenoxy) is 1. The number of hydrogen-bond acceptors (Lipinski definition) is 8. The highest BCUT2D eigenvalue weighted by Crippen LogP contribution is 2.31. The molecule has 1 aromatic carbocycles. The fourth-order valence-corrected chi connectivity index (χ4v) is 7.34. The predicted molar refractivity (Wildman–Crippen MR) is 112 cm³/mol. The maximum atomic E-state index is 13.0. The highest BCUT2D eigenvalue weighted by molar-refractivity contribution is 7.91. The van der Waals surface area contributed by atoms with Crippen LogP contribution in [-0.4, -0.2) is 69.8 Å². The number of benzene rings is 1. The highest BCUT2D eigenvalue weighted by Gasteiger charge is 2.35. The van der Waals surface area contributed by atoms with E-state index < -0.39 is 26.1 Å². The topological polar surface area (TPSA) is 126 Å². The van der Waals surface area contributed by atoms with Gasteiger partial charge in [-0.3, -0.25) is 5.32 Å². The first kappa shape index (κ1) is 22.9. The summed E-state index contributed by atoms with van der Waals surface area (Å²) >= 11 is 6.62. The van der Waals surface area contributed by atoms with Crippen LogP contribution in [0.1, 0.15) is 5.69 Å². The summed E-state index contributed by atoms with van der Waals surface area (Å²) in [5, 5.41) is 2.86. The van der Waals surface area contributed by atoms with Crippen molar-refractivity contribution in [2.45, 2.75) is 16.0 Å². The van der Waals surface area contributed by atoms with Gasteiger partial charge >= 0.3 is 6.09 Å². The summed E-state index contributed by atoms with van der Waals surface area (Å²) in [4.78, 5) is 15.5. The molecule has 1 saturated heterocycles. The van der Waals surface area contributed by atoms with Crippen molar-refractivity contribution in [3.8, 4) is 0 Å². The third kappa shape index (κ3) is 4.60. The number of nitrogens with one attached hydrogen (secondary N) is 1. The monoisotopic (exact) mass is 494 g/mol. The molecule has 0 saturated carbocycles. The number of thiazole rings is 1. The lowest BCUT2D eigenvalue weighted by Gasteiger charge is -2.33. The second-order valence-corrected chi connectivity index (χ2v) is 11.8. The lowest BCUT2D eigenvalue weighted by molar-refractivity contribution is 0.187. The number of sulfonamides is 2. The van der Waals surface area contributed by atoms with E-state index in [0.717, 1.165) is 11.3 Å². The van der Waals surface area contributed by atoms with Crippen LogP contribution in [0.4, 0.5) is 9.93 Å². The Morgan fingerprint density at radius 1 is 1.07 bits per heavy atom. The smallest absolute Gasteiger partial charge is 0.413 e. The van der Waals surface area contributed by atoms with Crippen LogP contribution in [-0.2, 0) is 24.8 Å². The standard InChI is InChI=1S/C16H19ClN4O6S3/c1-11-14(28-15(18-11)19-16(22)27-2)30(25,26)21-9-7-20(8-10-21)29(23,24)13-5-3-12(17)4-6-13/h3-6H,7-10H2,1-2H3,(H,18,19,22). The maximum Gasteiger partial charge on any atom is 0.413 e. The largest absolute Gasteiger partial charge is 0.453 e. The molecule has 1 aromatic heterocycles. The lowest BCUT2D eigenvalue weighted by Crippen LogP contribution is -2.50. The average molecular weight is 495 g/mol. The van der Waals surface area contributed by atoms with Gasteiger partial charge in [-0.15, -0.1) is 0 Å². The zero-order valence-corrected chi connectivity index (χ0v) is 19.2. The van der Waals surface area contributed by atoms with Crippen molar-refractivity contribution < 1.29 is 26.4 Å². The van der Waals surface area contributed by atoms with E-state index >= 15 is 0 Å². The van der Waals surface area contributed by atoms with Gasteiger partial charge in [0.25, 0.3) is 10.0 Å². The Morgan fingerprint density at radius 2 is 1.60 bits per heavy atom. The molecule has 0 unspecified atom stereocenters. The van der Waals surface area contributed by atoms with Gasteiger partial charge in [0.15, 0.2) is 9.34 Å². The van der Waals surface area contributed by atoms with E-state index in [1.807, 2.05) is 0 Å². The summed E-state index contributed by atoms with van der Waals surface area (Å²) in [6.07, 6.45) is -0.756. The zero-order chi connectivity index (χ0) is 22.1. The lowest BCUT2D eigenvalue weighted by atomic mass is 10.4. The van der Waals surface area contributed by atoms with Crippen LogP contribution in [0.15, 0.2) is 33.4 Å². The number of hydrogen-bond donors (Lipinski definition) is 1. The van der Waals surface area contributed by atoms with Crippen LogP contribution in [0.2, 0.25) is 5.02 Å². The van der Waals surface area contributed by atoms with E-state index in [9.17, 15) is 21.6 Å². The van der Waals surface area contributed by atoms with Crippen molar-refractivity contribution in [1.29, 1.82) is 0 Å². The second-order valence-electron chi connectivity index (χ2n) is 6.27. The summed E-state index contributed by atoms with van der Waals surface area (Å²) < 4.78 is 58.5. The van der Waals surface area contributed by atoms with Crippen molar-refractivity contribution >= 4 is 54.2 Å². The number of carbonyl (C=O) groups is 1. The molecule has 0 spiro atoms. The van der Waals surface area contributed by atoms with Crippen LogP contribution in [0, 0.1) is 6.92 Å². The van der Waals surface area contributed by atoms with E-state index in [2.05, 4.69) is 15.0 Å². The Bertz CT molecular complexity index is 1140. The molecular weight excluding hydrogens is 476 g/mol. The fourth-order valence-electron chi connectivity index (χ4n) is 2.84. The summed E-state index contributed by atoms with van der Waals surface area (Å²) in [7, 11) is -6.46. The molecule has 2 aromatic rings. The fraction of sp³-hybridized carbons (Fsp3) is 0.375. The minimum atomic E-state index is -3.90. The number of amides is 1. The van der Waals surface area contributed by atoms with Crippen LogP contribution >= 0.6 is 22.9 Å². The molecule has 1 amide bonds. The van der Waals surface area contributed by atoms with E-state index in [1.165, 1.54) is 46.9 Å². The third-order valence-electron chi connectivity index (χ3n) is 4.37. The molecule has 1 aliphatic heterocycles. The number of anilines is 1. The Morgan fingerprint density at radius 3 is 2.13 bits per heavy atom. The number of methoxy groups -OCH3 is 1. The summed E-state index contributed by atoms with van der Waals surface area (Å²) in [6.45, 7) is 1.52. The van der Waals surface area contributed by atoms with Crippen LogP contribution < -0.4 is 5.32 Å². The first-order valence-electron chi connectivity index (χ1n) is 8.64. The molecule has 1 fully saturated rings. The van der Waals surface area contributed by atoms with E-state index in [1.54, 1.807) is 0 Å². The first-order chi connectivity index (χ1) is 14.1. The molecule has 164 valence electrons. The van der Waals surface area contributed by atoms with Crippen LogP contribution in [0.3, 0.4) is 0 Å². The van der Waals surface area contributed by atoms with Crippen molar-refractivity contribution in [3.05, 3.63) is 35.0 Å². The molecule has 0 atom stereocenters. The highest BCUT2D eigenvalue weighted by atomic mass is 35.5. The van der Waals surface area contributed by atoms with Gasteiger partial charge in [0, 0.05) is 31.2 Å². The molecule has 10 nitrogen and oxygen atoms in total.